The van der Waals surface area contributed by atoms with E-state index in [9.17, 15) is 93.4 Å². The highest BCUT2D eigenvalue weighted by molar-refractivity contribution is 5.77. The fraction of sp³-hybridized carbons (Fsp3) is 0.923. The molecule has 0 aromatic heterocycles. The smallest absolute Gasteiger partial charge is 0.426 e. The lowest BCUT2D eigenvalue weighted by atomic mass is 9.88. The van der Waals surface area contributed by atoms with Gasteiger partial charge in [-0.05, 0) is 60.8 Å². The summed E-state index contributed by atoms with van der Waals surface area (Å²) in [5.74, 6) is -2.02. The quantitative estimate of drug-likeness (QED) is 0.0384. The number of carbonyl (C=O) groups excluding carboxylic acids is 3. The SMILES string of the molecule is CCC(C)(COCCC(O)(C(F)(F)F)C(F)(F)F)C(=O)OC.CCC(C)(COCCC(O)(C(F)(F)F)C(F)(F)F)C(=O)OC(C)C.CCOC(=O)C(C)(CC)COCCC(O)(C(F)(F)F)C(F)(F)F. The van der Waals surface area contributed by atoms with Crippen LogP contribution in [0.15, 0.2) is 0 Å². The molecule has 0 aliphatic carbocycles. The van der Waals surface area contributed by atoms with Crippen LogP contribution in [0.1, 0.15) is 101 Å². The standard InChI is InChI=1S/C14H22F6O4.C13H20F6O4.C12H18F6O4/c1-5-11(4,10(21)24-9(2)3)8-23-7-6-12(22,13(15,16)17)14(18,19)20;1-4-10(3,9(20)23-5-2)8-22-7-6-11(21,12(14,15)16)13(17,18)19;1-4-9(2,8(19)21-3)7-22-6-5-10(20,11(13,14)15)12(16,17)18/h9,22H,5-8H2,1-4H3;21H,4-8H2,1-3H3;20H,4-7H2,1-3H3. The molecule has 69 heavy (non-hydrogen) atoms. The Morgan fingerprint density at radius 2 is 0.667 bits per heavy atom. The van der Waals surface area contributed by atoms with Crippen molar-refractivity contribution in [1.29, 1.82) is 0 Å². The first-order valence-corrected chi connectivity index (χ1v) is 20.4. The maximum atomic E-state index is 12.5. The van der Waals surface area contributed by atoms with Crippen molar-refractivity contribution in [2.45, 2.75) is 161 Å². The minimum atomic E-state index is -5.89. The van der Waals surface area contributed by atoms with E-state index < -0.39 is 153 Å². The number of ether oxygens (including phenoxy) is 6. The first-order valence-electron chi connectivity index (χ1n) is 20.4. The number of hydrogen-bond donors (Lipinski definition) is 3. The van der Waals surface area contributed by atoms with Crippen molar-refractivity contribution >= 4 is 17.9 Å². The van der Waals surface area contributed by atoms with Gasteiger partial charge in [-0.15, -0.1) is 0 Å². The Labute approximate surface area is 385 Å². The monoisotopic (exact) mass is 1060 g/mol. The first kappa shape index (κ1) is 70.2. The summed E-state index contributed by atoms with van der Waals surface area (Å²) in [6.07, 6.45) is -40.3. The molecule has 3 unspecified atom stereocenters. The third-order valence-electron chi connectivity index (χ3n) is 10.5. The number of halogens is 18. The van der Waals surface area contributed by atoms with Gasteiger partial charge in [0.05, 0.1) is 75.7 Å². The average molecular weight is 1060 g/mol. The van der Waals surface area contributed by atoms with E-state index in [4.69, 9.17) is 39.0 Å². The molecule has 0 bridgehead atoms. The van der Waals surface area contributed by atoms with Crippen LogP contribution in [-0.2, 0) is 42.8 Å². The highest BCUT2D eigenvalue weighted by Crippen LogP contribution is 2.47. The fourth-order valence-electron chi connectivity index (χ4n) is 4.71. The van der Waals surface area contributed by atoms with Gasteiger partial charge in [0.15, 0.2) is 0 Å². The summed E-state index contributed by atoms with van der Waals surface area (Å²) in [7, 11) is 1.10. The zero-order valence-electron chi connectivity index (χ0n) is 39.1. The molecule has 30 heteroatoms. The Balaban J connectivity index is -0.000000948. The molecular formula is C39H60F18O12. The van der Waals surface area contributed by atoms with E-state index in [-0.39, 0.29) is 25.9 Å². The molecule has 3 atom stereocenters. The van der Waals surface area contributed by atoms with E-state index >= 15 is 0 Å². The summed E-state index contributed by atoms with van der Waals surface area (Å²) < 4.78 is 253. The zero-order chi connectivity index (χ0) is 55.7. The van der Waals surface area contributed by atoms with E-state index in [1.54, 1.807) is 41.5 Å². The van der Waals surface area contributed by atoms with Crippen LogP contribution in [0.2, 0.25) is 0 Å². The third-order valence-corrected chi connectivity index (χ3v) is 10.5. The van der Waals surface area contributed by atoms with Gasteiger partial charge in [0.25, 0.3) is 16.8 Å². The number of hydrogen-bond acceptors (Lipinski definition) is 12. The maximum absolute atomic E-state index is 12.5. The van der Waals surface area contributed by atoms with Gasteiger partial charge in [0, 0.05) is 19.3 Å². The molecule has 414 valence electrons. The number of carbonyl (C=O) groups is 3. The fourth-order valence-corrected chi connectivity index (χ4v) is 4.71. The lowest BCUT2D eigenvalue weighted by molar-refractivity contribution is -0.372. The second-order valence-corrected chi connectivity index (χ2v) is 16.4. The van der Waals surface area contributed by atoms with Crippen molar-refractivity contribution in [1.82, 2.24) is 0 Å². The molecule has 0 aromatic carbocycles. The van der Waals surface area contributed by atoms with Crippen LogP contribution in [0.4, 0.5) is 79.0 Å². The van der Waals surface area contributed by atoms with Crippen molar-refractivity contribution in [2.24, 2.45) is 16.2 Å². The zero-order valence-corrected chi connectivity index (χ0v) is 39.1. The van der Waals surface area contributed by atoms with Crippen LogP contribution < -0.4 is 0 Å². The average Bonchev–Trinajstić information content (AvgIpc) is 3.19. The molecule has 0 fully saturated rings. The number of methoxy groups -OCH3 is 1. The number of aliphatic hydroxyl groups is 3. The lowest BCUT2D eigenvalue weighted by Crippen LogP contribution is -2.57. The molecule has 0 amide bonds. The van der Waals surface area contributed by atoms with Gasteiger partial charge in [-0.2, -0.15) is 79.0 Å². The molecular weight excluding hydrogens is 1000 g/mol. The van der Waals surface area contributed by atoms with Crippen molar-refractivity contribution < 1.29 is 137 Å². The van der Waals surface area contributed by atoms with Crippen molar-refractivity contribution in [3.63, 3.8) is 0 Å². The van der Waals surface area contributed by atoms with Gasteiger partial charge in [0.2, 0.25) is 0 Å². The molecule has 0 aliphatic heterocycles. The Hall–Kier alpha value is -3.09. The van der Waals surface area contributed by atoms with Crippen LogP contribution in [0.25, 0.3) is 0 Å². The van der Waals surface area contributed by atoms with Crippen LogP contribution in [-0.4, -0.2) is 147 Å². The van der Waals surface area contributed by atoms with Crippen LogP contribution in [0.3, 0.4) is 0 Å². The molecule has 0 aliphatic rings. The molecule has 12 nitrogen and oxygen atoms in total. The Morgan fingerprint density at radius 3 is 0.855 bits per heavy atom. The summed E-state index contributed by atoms with van der Waals surface area (Å²) in [5, 5.41) is 26.8. The normalized spacial score (nSPS) is 16.2. The summed E-state index contributed by atoms with van der Waals surface area (Å²) in [6.45, 7) is 9.52. The van der Waals surface area contributed by atoms with Crippen molar-refractivity contribution in [2.75, 3.05) is 53.4 Å². The molecule has 0 rings (SSSR count). The van der Waals surface area contributed by atoms with Gasteiger partial charge < -0.3 is 43.7 Å². The predicted octanol–water partition coefficient (Wildman–Crippen LogP) is 9.68. The van der Waals surface area contributed by atoms with Gasteiger partial charge >= 0.3 is 55.0 Å². The molecule has 0 saturated carbocycles. The summed E-state index contributed by atoms with van der Waals surface area (Å²) in [4.78, 5) is 35.1. The molecule has 0 heterocycles. The van der Waals surface area contributed by atoms with Crippen molar-refractivity contribution in [3.8, 4) is 0 Å². The van der Waals surface area contributed by atoms with Crippen LogP contribution in [0.5, 0.6) is 0 Å². The van der Waals surface area contributed by atoms with Gasteiger partial charge in [0.1, 0.15) is 0 Å². The van der Waals surface area contributed by atoms with Gasteiger partial charge in [-0.25, -0.2) is 0 Å². The number of alkyl halides is 18. The van der Waals surface area contributed by atoms with Gasteiger partial charge in [-0.3, -0.25) is 14.4 Å². The first-order chi connectivity index (χ1) is 30.6. The van der Waals surface area contributed by atoms with E-state index in [1.165, 1.54) is 20.8 Å². The van der Waals surface area contributed by atoms with E-state index in [2.05, 4.69) is 4.74 Å². The highest BCUT2D eigenvalue weighted by atomic mass is 19.4. The minimum absolute atomic E-state index is 0.0797. The maximum Gasteiger partial charge on any atom is 0.426 e. The van der Waals surface area contributed by atoms with E-state index in [0.29, 0.717) is 0 Å². The summed E-state index contributed by atoms with van der Waals surface area (Å²) >= 11 is 0. The second kappa shape index (κ2) is 26.6. The lowest BCUT2D eigenvalue weighted by Gasteiger charge is -2.33. The number of esters is 3. The molecule has 0 aromatic rings. The Morgan fingerprint density at radius 1 is 0.435 bits per heavy atom. The largest absolute Gasteiger partial charge is 0.469 e. The highest BCUT2D eigenvalue weighted by Gasteiger charge is 2.71. The van der Waals surface area contributed by atoms with Crippen LogP contribution >= 0.6 is 0 Å². The minimum Gasteiger partial charge on any atom is -0.469 e. The molecule has 0 radical (unpaired) electrons. The summed E-state index contributed by atoms with van der Waals surface area (Å²) in [5.41, 5.74) is -18.2. The number of rotatable bonds is 23. The van der Waals surface area contributed by atoms with E-state index in [0.717, 1.165) is 7.11 Å². The topological polar surface area (TPSA) is 167 Å². The molecule has 0 saturated heterocycles. The molecule has 0 spiro atoms. The Kier molecular flexibility index (Phi) is 27.0. The predicted molar refractivity (Wildman–Crippen MR) is 203 cm³/mol. The third kappa shape index (κ3) is 19.8. The Bertz CT molecular complexity index is 1500. The van der Waals surface area contributed by atoms with Gasteiger partial charge in [-0.1, -0.05) is 20.8 Å². The van der Waals surface area contributed by atoms with Crippen molar-refractivity contribution in [3.05, 3.63) is 0 Å². The summed E-state index contributed by atoms with van der Waals surface area (Å²) in [6, 6.07) is 0. The second-order valence-electron chi connectivity index (χ2n) is 16.4. The van der Waals surface area contributed by atoms with Crippen LogP contribution in [0, 0.1) is 16.2 Å². The molecule has 3 N–H and O–H groups in total. The van der Waals surface area contributed by atoms with E-state index in [1.807, 2.05) is 0 Å².